The van der Waals surface area contributed by atoms with Crippen LogP contribution in [-0.2, 0) is 16.8 Å². The standard InChI is InChI=1S/C18H24N4O2S/c1-18(2,3)15-19-20-16(25-15)21-9-11-22(12-10-21)17(23)24-13-14-7-5-4-6-8-14/h4-8H,9-13H2,1-3H3. The number of aromatic nitrogens is 2. The van der Waals surface area contributed by atoms with Gasteiger partial charge in [-0.1, -0.05) is 62.4 Å². The summed E-state index contributed by atoms with van der Waals surface area (Å²) in [6.45, 7) is 9.49. The Bertz CT molecular complexity index is 703. The van der Waals surface area contributed by atoms with Crippen molar-refractivity contribution in [3.05, 3.63) is 40.9 Å². The topological polar surface area (TPSA) is 58.6 Å². The monoisotopic (exact) mass is 360 g/mol. The van der Waals surface area contributed by atoms with E-state index in [1.807, 2.05) is 30.3 Å². The summed E-state index contributed by atoms with van der Waals surface area (Å²) in [6.07, 6.45) is -0.254. The third kappa shape index (κ3) is 4.48. The average molecular weight is 360 g/mol. The molecule has 1 fully saturated rings. The molecule has 0 bridgehead atoms. The number of benzene rings is 1. The van der Waals surface area contributed by atoms with E-state index >= 15 is 0 Å². The molecule has 1 saturated heterocycles. The normalized spacial score (nSPS) is 15.3. The number of hydrogen-bond donors (Lipinski definition) is 0. The predicted molar refractivity (Wildman–Crippen MR) is 99.0 cm³/mol. The molecule has 0 atom stereocenters. The minimum atomic E-state index is -0.254. The summed E-state index contributed by atoms with van der Waals surface area (Å²) < 4.78 is 5.40. The lowest BCUT2D eigenvalue weighted by molar-refractivity contribution is 0.0942. The molecule has 134 valence electrons. The van der Waals surface area contributed by atoms with Gasteiger partial charge in [0.1, 0.15) is 11.6 Å². The number of hydrogen-bond acceptors (Lipinski definition) is 6. The third-order valence-corrected chi connectivity index (χ3v) is 5.48. The zero-order valence-corrected chi connectivity index (χ0v) is 15.8. The zero-order valence-electron chi connectivity index (χ0n) is 14.9. The summed E-state index contributed by atoms with van der Waals surface area (Å²) in [5, 5.41) is 10.6. The van der Waals surface area contributed by atoms with E-state index in [2.05, 4.69) is 35.9 Å². The van der Waals surface area contributed by atoms with Crippen molar-refractivity contribution >= 4 is 22.6 Å². The summed E-state index contributed by atoms with van der Waals surface area (Å²) in [5.74, 6) is 0. The highest BCUT2D eigenvalue weighted by molar-refractivity contribution is 7.15. The number of ether oxygens (including phenoxy) is 1. The first kappa shape index (κ1) is 17.7. The van der Waals surface area contributed by atoms with Gasteiger partial charge >= 0.3 is 6.09 Å². The van der Waals surface area contributed by atoms with Crippen molar-refractivity contribution in [2.75, 3.05) is 31.1 Å². The summed E-state index contributed by atoms with van der Waals surface area (Å²) in [7, 11) is 0. The van der Waals surface area contributed by atoms with Crippen LogP contribution in [0.25, 0.3) is 0 Å². The first-order valence-corrected chi connectivity index (χ1v) is 9.30. The first-order valence-electron chi connectivity index (χ1n) is 8.48. The van der Waals surface area contributed by atoms with Gasteiger partial charge in [0.2, 0.25) is 5.13 Å². The van der Waals surface area contributed by atoms with Crippen LogP contribution < -0.4 is 4.90 Å². The van der Waals surface area contributed by atoms with Gasteiger partial charge in [-0.15, -0.1) is 10.2 Å². The van der Waals surface area contributed by atoms with E-state index in [4.69, 9.17) is 4.74 Å². The maximum absolute atomic E-state index is 12.2. The fourth-order valence-electron chi connectivity index (χ4n) is 2.54. The van der Waals surface area contributed by atoms with Gasteiger partial charge in [0.25, 0.3) is 0 Å². The number of anilines is 1. The van der Waals surface area contributed by atoms with E-state index in [1.54, 1.807) is 16.2 Å². The molecule has 2 heterocycles. The molecule has 0 N–H and O–H groups in total. The molecule has 1 amide bonds. The van der Waals surface area contributed by atoms with Crippen LogP contribution in [0.1, 0.15) is 31.3 Å². The molecule has 25 heavy (non-hydrogen) atoms. The van der Waals surface area contributed by atoms with Crippen LogP contribution in [0.4, 0.5) is 9.93 Å². The van der Waals surface area contributed by atoms with Crippen molar-refractivity contribution in [3.8, 4) is 0 Å². The van der Waals surface area contributed by atoms with E-state index in [0.717, 1.165) is 28.8 Å². The van der Waals surface area contributed by atoms with Gasteiger partial charge in [-0.25, -0.2) is 4.79 Å². The molecule has 6 nitrogen and oxygen atoms in total. The third-order valence-electron chi connectivity index (χ3n) is 4.07. The maximum atomic E-state index is 12.2. The SMILES string of the molecule is CC(C)(C)c1nnc(N2CCN(C(=O)OCc3ccccc3)CC2)s1. The van der Waals surface area contributed by atoms with Gasteiger partial charge in [0, 0.05) is 31.6 Å². The summed E-state index contributed by atoms with van der Waals surface area (Å²) in [5.41, 5.74) is 1.01. The molecule has 0 unspecified atom stereocenters. The van der Waals surface area contributed by atoms with Gasteiger partial charge in [0.15, 0.2) is 0 Å². The molecule has 0 spiro atoms. The van der Waals surface area contributed by atoms with Crippen LogP contribution in [0.2, 0.25) is 0 Å². The van der Waals surface area contributed by atoms with Crippen molar-refractivity contribution in [2.24, 2.45) is 0 Å². The van der Waals surface area contributed by atoms with Crippen molar-refractivity contribution in [3.63, 3.8) is 0 Å². The van der Waals surface area contributed by atoms with Gasteiger partial charge in [-0.3, -0.25) is 0 Å². The minimum absolute atomic E-state index is 0.0129. The van der Waals surface area contributed by atoms with E-state index in [9.17, 15) is 4.79 Å². The molecule has 7 heteroatoms. The number of rotatable bonds is 3. The Morgan fingerprint density at radius 1 is 1.12 bits per heavy atom. The molecule has 2 aromatic rings. The zero-order chi connectivity index (χ0) is 17.9. The quantitative estimate of drug-likeness (QED) is 0.841. The Labute approximate surface area is 152 Å². The number of piperazine rings is 1. The molecule has 0 aliphatic carbocycles. The largest absolute Gasteiger partial charge is 0.445 e. The Hall–Kier alpha value is -2.15. The average Bonchev–Trinajstić information content (AvgIpc) is 3.11. The van der Waals surface area contributed by atoms with Crippen LogP contribution in [-0.4, -0.2) is 47.4 Å². The van der Waals surface area contributed by atoms with Crippen LogP contribution in [0.5, 0.6) is 0 Å². The lowest BCUT2D eigenvalue weighted by atomic mass is 9.98. The second-order valence-corrected chi connectivity index (χ2v) is 8.11. The van der Waals surface area contributed by atoms with Gasteiger partial charge in [0.05, 0.1) is 0 Å². The number of amides is 1. The Balaban J connectivity index is 1.50. The molecule has 3 rings (SSSR count). The Morgan fingerprint density at radius 3 is 2.40 bits per heavy atom. The lowest BCUT2D eigenvalue weighted by Crippen LogP contribution is -2.48. The molecular formula is C18H24N4O2S. The molecule has 1 aliphatic rings. The van der Waals surface area contributed by atoms with Crippen LogP contribution in [0.3, 0.4) is 0 Å². The number of nitrogens with zero attached hydrogens (tertiary/aromatic N) is 4. The molecule has 1 aliphatic heterocycles. The smallest absolute Gasteiger partial charge is 0.410 e. The second kappa shape index (κ2) is 7.39. The van der Waals surface area contributed by atoms with E-state index in [-0.39, 0.29) is 11.5 Å². The fourth-order valence-corrected chi connectivity index (χ4v) is 3.49. The maximum Gasteiger partial charge on any atom is 0.410 e. The van der Waals surface area contributed by atoms with Crippen molar-refractivity contribution in [1.82, 2.24) is 15.1 Å². The van der Waals surface area contributed by atoms with E-state index in [0.29, 0.717) is 19.7 Å². The second-order valence-electron chi connectivity index (χ2n) is 7.15. The summed E-state index contributed by atoms with van der Waals surface area (Å²) >= 11 is 1.63. The molecule has 1 aromatic heterocycles. The van der Waals surface area contributed by atoms with Crippen molar-refractivity contribution < 1.29 is 9.53 Å². The fraction of sp³-hybridized carbons (Fsp3) is 0.500. The van der Waals surface area contributed by atoms with Gasteiger partial charge in [-0.2, -0.15) is 0 Å². The van der Waals surface area contributed by atoms with E-state index in [1.165, 1.54) is 0 Å². The number of carbonyl (C=O) groups is 1. The van der Waals surface area contributed by atoms with Crippen molar-refractivity contribution in [1.29, 1.82) is 0 Å². The summed E-state index contributed by atoms with van der Waals surface area (Å²) in [6, 6.07) is 9.73. The highest BCUT2D eigenvalue weighted by Crippen LogP contribution is 2.30. The lowest BCUT2D eigenvalue weighted by Gasteiger charge is -2.33. The molecule has 1 aromatic carbocycles. The Morgan fingerprint density at radius 2 is 1.80 bits per heavy atom. The van der Waals surface area contributed by atoms with Crippen LogP contribution in [0, 0.1) is 0 Å². The van der Waals surface area contributed by atoms with Crippen molar-refractivity contribution in [2.45, 2.75) is 32.8 Å². The highest BCUT2D eigenvalue weighted by atomic mass is 32.1. The van der Waals surface area contributed by atoms with Gasteiger partial charge < -0.3 is 14.5 Å². The molecule has 0 radical (unpaired) electrons. The molecule has 0 saturated carbocycles. The highest BCUT2D eigenvalue weighted by Gasteiger charge is 2.26. The minimum Gasteiger partial charge on any atom is -0.445 e. The summed E-state index contributed by atoms with van der Waals surface area (Å²) in [4.78, 5) is 16.2. The Kier molecular flexibility index (Phi) is 5.22. The predicted octanol–water partition coefficient (Wildman–Crippen LogP) is 3.29. The van der Waals surface area contributed by atoms with Crippen LogP contribution in [0.15, 0.2) is 30.3 Å². The molecular weight excluding hydrogens is 336 g/mol. The van der Waals surface area contributed by atoms with Gasteiger partial charge in [-0.05, 0) is 5.56 Å². The number of carbonyl (C=O) groups excluding carboxylic acids is 1. The first-order chi connectivity index (χ1) is 11.9. The van der Waals surface area contributed by atoms with Crippen LogP contribution >= 0.6 is 11.3 Å². The van der Waals surface area contributed by atoms with E-state index < -0.39 is 0 Å².